The lowest BCUT2D eigenvalue weighted by Gasteiger charge is -2.37. The zero-order chi connectivity index (χ0) is 15.1. The zero-order valence-electron chi connectivity index (χ0n) is 12.7. The third-order valence-corrected chi connectivity index (χ3v) is 4.05. The van der Waals surface area contributed by atoms with Crippen molar-refractivity contribution in [1.82, 2.24) is 15.5 Å². The maximum atomic E-state index is 11.7. The van der Waals surface area contributed by atoms with Crippen molar-refractivity contribution in [3.05, 3.63) is 0 Å². The van der Waals surface area contributed by atoms with Crippen LogP contribution in [0.4, 0.5) is 4.79 Å². The van der Waals surface area contributed by atoms with Crippen LogP contribution in [0, 0.1) is 5.92 Å². The summed E-state index contributed by atoms with van der Waals surface area (Å²) in [4.78, 5) is 14.1. The maximum absolute atomic E-state index is 11.7. The van der Waals surface area contributed by atoms with Crippen molar-refractivity contribution in [2.45, 2.75) is 25.5 Å². The Morgan fingerprint density at radius 2 is 1.95 bits per heavy atom. The monoisotopic (exact) mass is 301 g/mol. The molecule has 7 nitrogen and oxygen atoms in total. The summed E-state index contributed by atoms with van der Waals surface area (Å²) in [5.41, 5.74) is 0. The number of carbonyl (C=O) groups excluding carboxylic acids is 1. The first-order valence-corrected chi connectivity index (χ1v) is 7.76. The fourth-order valence-electron chi connectivity index (χ4n) is 2.86. The number of ether oxygens (including phenoxy) is 2. The number of hydrogen-bond donors (Lipinski definition) is 3. The van der Waals surface area contributed by atoms with Crippen molar-refractivity contribution in [1.29, 1.82) is 0 Å². The number of aliphatic hydroxyl groups is 1. The Kier molecular flexibility index (Phi) is 6.69. The number of rotatable bonds is 6. The Morgan fingerprint density at radius 1 is 1.24 bits per heavy atom. The van der Waals surface area contributed by atoms with Crippen molar-refractivity contribution in [2.75, 3.05) is 52.6 Å². The van der Waals surface area contributed by atoms with E-state index < -0.39 is 6.10 Å². The number of carbonyl (C=O) groups is 1. The van der Waals surface area contributed by atoms with Gasteiger partial charge in [-0.15, -0.1) is 0 Å². The molecule has 0 saturated carbocycles. The number of urea groups is 1. The normalized spacial score (nSPS) is 26.3. The fraction of sp³-hybridized carbons (Fsp3) is 0.929. The molecule has 122 valence electrons. The van der Waals surface area contributed by atoms with Gasteiger partial charge >= 0.3 is 6.03 Å². The maximum Gasteiger partial charge on any atom is 0.314 e. The summed E-state index contributed by atoms with van der Waals surface area (Å²) < 4.78 is 10.9. The van der Waals surface area contributed by atoms with Gasteiger partial charge in [-0.25, -0.2) is 4.79 Å². The summed E-state index contributed by atoms with van der Waals surface area (Å²) in [6.45, 7) is 7.37. The highest BCUT2D eigenvalue weighted by Gasteiger charge is 2.31. The second-order valence-electron chi connectivity index (χ2n) is 5.78. The molecule has 0 aromatic carbocycles. The molecule has 0 aromatic heterocycles. The minimum atomic E-state index is -0.533. The van der Waals surface area contributed by atoms with E-state index in [0.717, 1.165) is 45.9 Å². The van der Waals surface area contributed by atoms with Gasteiger partial charge in [0.25, 0.3) is 0 Å². The van der Waals surface area contributed by atoms with Gasteiger partial charge in [0.05, 0.1) is 25.9 Å². The summed E-state index contributed by atoms with van der Waals surface area (Å²) >= 11 is 0. The Hall–Kier alpha value is -0.890. The van der Waals surface area contributed by atoms with Gasteiger partial charge in [0.15, 0.2) is 0 Å². The molecule has 21 heavy (non-hydrogen) atoms. The Balaban J connectivity index is 1.81. The number of hydrogen-bond acceptors (Lipinski definition) is 5. The van der Waals surface area contributed by atoms with Crippen LogP contribution in [0.3, 0.4) is 0 Å². The van der Waals surface area contributed by atoms with Crippen LogP contribution in [0.5, 0.6) is 0 Å². The van der Waals surface area contributed by atoms with Gasteiger partial charge in [0, 0.05) is 44.7 Å². The van der Waals surface area contributed by atoms with Crippen LogP contribution in [0.2, 0.25) is 0 Å². The van der Waals surface area contributed by atoms with Crippen LogP contribution < -0.4 is 10.6 Å². The molecule has 2 saturated heterocycles. The number of morpholine rings is 1. The topological polar surface area (TPSA) is 83.1 Å². The molecule has 0 radical (unpaired) electrons. The molecular formula is C14H27N3O4. The number of nitrogens with zero attached hydrogens (tertiary/aromatic N) is 1. The Morgan fingerprint density at radius 3 is 2.57 bits per heavy atom. The first-order chi connectivity index (χ1) is 10.2. The summed E-state index contributed by atoms with van der Waals surface area (Å²) in [5.74, 6) is 0.458. The molecule has 0 spiro atoms. The summed E-state index contributed by atoms with van der Waals surface area (Å²) in [6, 6.07) is 0.0572. The molecule has 2 heterocycles. The van der Waals surface area contributed by atoms with Crippen LogP contribution in [0.25, 0.3) is 0 Å². The molecule has 2 rings (SSSR count). The van der Waals surface area contributed by atoms with E-state index in [4.69, 9.17) is 9.47 Å². The van der Waals surface area contributed by atoms with Crippen molar-refractivity contribution < 1.29 is 19.4 Å². The van der Waals surface area contributed by atoms with Crippen LogP contribution in [0.1, 0.15) is 13.3 Å². The summed E-state index contributed by atoms with van der Waals surface area (Å²) in [6.07, 6.45) is 0.507. The predicted octanol–water partition coefficient (Wildman–Crippen LogP) is -0.596. The molecular weight excluding hydrogens is 274 g/mol. The summed E-state index contributed by atoms with van der Waals surface area (Å²) in [5, 5.41) is 14.7. The number of aliphatic hydroxyl groups excluding tert-OH is 1. The predicted molar refractivity (Wildman–Crippen MR) is 78.2 cm³/mol. The van der Waals surface area contributed by atoms with Crippen molar-refractivity contribution in [3.8, 4) is 0 Å². The second kappa shape index (κ2) is 8.53. The molecule has 0 bridgehead atoms. The molecule has 3 N–H and O–H groups in total. The van der Waals surface area contributed by atoms with E-state index in [1.807, 2.05) is 0 Å². The van der Waals surface area contributed by atoms with Crippen LogP contribution in [0.15, 0.2) is 0 Å². The fourth-order valence-corrected chi connectivity index (χ4v) is 2.86. The van der Waals surface area contributed by atoms with Gasteiger partial charge in [-0.2, -0.15) is 0 Å². The lowest BCUT2D eigenvalue weighted by Crippen LogP contribution is -2.53. The lowest BCUT2D eigenvalue weighted by atomic mass is 9.97. The molecule has 2 aliphatic heterocycles. The standard InChI is InChI=1S/C14H27N3O4/c1-11(18)8-15-14(19)16-9-13(12-2-5-21-10-12)17-3-6-20-7-4-17/h11-13,18H,2-10H2,1H3,(H2,15,16,19)/t11-,12+,13-/m0/s1. The van der Waals surface area contributed by atoms with Gasteiger partial charge in [0.2, 0.25) is 0 Å². The van der Waals surface area contributed by atoms with Gasteiger partial charge in [-0.3, -0.25) is 4.90 Å². The zero-order valence-corrected chi connectivity index (χ0v) is 12.7. The van der Waals surface area contributed by atoms with E-state index in [9.17, 15) is 9.90 Å². The van der Waals surface area contributed by atoms with Crippen molar-refractivity contribution >= 4 is 6.03 Å². The van der Waals surface area contributed by atoms with E-state index in [2.05, 4.69) is 15.5 Å². The molecule has 3 atom stereocenters. The van der Waals surface area contributed by atoms with Crippen molar-refractivity contribution in [3.63, 3.8) is 0 Å². The molecule has 0 aromatic rings. The van der Waals surface area contributed by atoms with E-state index in [-0.39, 0.29) is 18.6 Å². The molecule has 2 amide bonds. The van der Waals surface area contributed by atoms with Gasteiger partial charge in [-0.05, 0) is 13.3 Å². The third kappa shape index (κ3) is 5.43. The molecule has 7 heteroatoms. The largest absolute Gasteiger partial charge is 0.392 e. The molecule has 2 aliphatic rings. The first kappa shape index (κ1) is 16.5. The lowest BCUT2D eigenvalue weighted by molar-refractivity contribution is 0.00211. The molecule has 0 unspecified atom stereocenters. The second-order valence-corrected chi connectivity index (χ2v) is 5.78. The number of amides is 2. The van der Waals surface area contributed by atoms with Crippen LogP contribution in [-0.2, 0) is 9.47 Å². The van der Waals surface area contributed by atoms with Crippen molar-refractivity contribution in [2.24, 2.45) is 5.92 Å². The first-order valence-electron chi connectivity index (χ1n) is 7.76. The SMILES string of the molecule is C[C@H](O)CNC(=O)NC[C@@H]([C@@H]1CCOC1)N1CCOCC1. The highest BCUT2D eigenvalue weighted by atomic mass is 16.5. The third-order valence-electron chi connectivity index (χ3n) is 4.05. The Labute approximate surface area is 126 Å². The van der Waals surface area contributed by atoms with E-state index in [1.165, 1.54) is 0 Å². The van der Waals surface area contributed by atoms with E-state index in [1.54, 1.807) is 6.92 Å². The molecule has 0 aliphatic carbocycles. The van der Waals surface area contributed by atoms with Gasteiger partial charge < -0.3 is 25.2 Å². The smallest absolute Gasteiger partial charge is 0.314 e. The molecule has 2 fully saturated rings. The van der Waals surface area contributed by atoms with Gasteiger partial charge in [-0.1, -0.05) is 0 Å². The van der Waals surface area contributed by atoms with E-state index >= 15 is 0 Å². The highest BCUT2D eigenvalue weighted by Crippen LogP contribution is 2.21. The Bertz CT molecular complexity index is 315. The van der Waals surface area contributed by atoms with E-state index in [0.29, 0.717) is 12.5 Å². The summed E-state index contributed by atoms with van der Waals surface area (Å²) in [7, 11) is 0. The average Bonchev–Trinajstić information content (AvgIpc) is 3.00. The minimum Gasteiger partial charge on any atom is -0.392 e. The average molecular weight is 301 g/mol. The number of nitrogens with one attached hydrogen (secondary N) is 2. The minimum absolute atomic E-state index is 0.229. The van der Waals surface area contributed by atoms with Gasteiger partial charge in [0.1, 0.15) is 0 Å². The quantitative estimate of drug-likeness (QED) is 0.610. The highest BCUT2D eigenvalue weighted by molar-refractivity contribution is 5.73. The van der Waals surface area contributed by atoms with Crippen LogP contribution >= 0.6 is 0 Å². The van der Waals surface area contributed by atoms with Crippen LogP contribution in [-0.4, -0.2) is 80.8 Å².